The number of hydrogen-bond donors (Lipinski definition) is 0. The van der Waals surface area contributed by atoms with Gasteiger partial charge < -0.3 is 23.1 Å². The normalized spacial score (nSPS) is 17.1. The Hall–Kier alpha value is 0.0169. The van der Waals surface area contributed by atoms with Crippen molar-refractivity contribution in [3.63, 3.8) is 0 Å². The van der Waals surface area contributed by atoms with Crippen LogP contribution in [0.2, 0.25) is 6.04 Å². The smallest absolute Gasteiger partial charge is 0.373 e. The Morgan fingerprint density at radius 3 is 1.58 bits per heavy atom. The fourth-order valence-electron chi connectivity index (χ4n) is 3.05. The summed E-state index contributed by atoms with van der Waals surface area (Å²) in [6.07, 6.45) is 7.81. The molecule has 0 bridgehead atoms. The third kappa shape index (κ3) is 10.4. The zero-order valence-corrected chi connectivity index (χ0v) is 18.9. The maximum Gasteiger partial charge on any atom is 0.501 e. The van der Waals surface area contributed by atoms with E-state index in [0.29, 0.717) is 0 Å². The lowest BCUT2D eigenvalue weighted by Crippen LogP contribution is -2.48. The molecule has 1 heterocycles. The van der Waals surface area contributed by atoms with Gasteiger partial charge in [-0.15, -0.1) is 0 Å². The summed E-state index contributed by atoms with van der Waals surface area (Å²) in [6.45, 7) is 14.8. The second kappa shape index (κ2) is 15.0. The van der Waals surface area contributed by atoms with Crippen molar-refractivity contribution in [3.8, 4) is 0 Å². The van der Waals surface area contributed by atoms with Crippen molar-refractivity contribution >= 4 is 8.80 Å². The number of piperazine rings is 1. The van der Waals surface area contributed by atoms with Crippen molar-refractivity contribution in [1.82, 2.24) is 9.80 Å². The third-order valence-electron chi connectivity index (χ3n) is 5.01. The van der Waals surface area contributed by atoms with E-state index in [0.717, 1.165) is 77.4 Å². The molecule has 156 valence electrons. The van der Waals surface area contributed by atoms with Gasteiger partial charge in [0, 0.05) is 52.0 Å². The molecule has 1 fully saturated rings. The number of nitrogens with zero attached hydrogens (tertiary/aromatic N) is 2. The van der Waals surface area contributed by atoms with E-state index >= 15 is 0 Å². The first-order valence-corrected chi connectivity index (χ1v) is 12.9. The maximum atomic E-state index is 6.34. The van der Waals surface area contributed by atoms with Crippen LogP contribution in [0.1, 0.15) is 65.7 Å². The van der Waals surface area contributed by atoms with E-state index in [-0.39, 0.29) is 0 Å². The van der Waals surface area contributed by atoms with Gasteiger partial charge in [0.05, 0.1) is 0 Å². The lowest BCUT2D eigenvalue weighted by atomic mass is 10.3. The molecule has 0 amide bonds. The largest absolute Gasteiger partial charge is 0.501 e. The van der Waals surface area contributed by atoms with Crippen LogP contribution in [0.25, 0.3) is 0 Å². The monoisotopic (exact) mass is 388 g/mol. The van der Waals surface area contributed by atoms with Gasteiger partial charge in [-0.1, -0.05) is 40.0 Å². The Kier molecular flexibility index (Phi) is 13.9. The molecular formula is C20H44N2O3Si. The fraction of sp³-hybridized carbons (Fsp3) is 1.00. The van der Waals surface area contributed by atoms with E-state index < -0.39 is 8.80 Å². The predicted octanol–water partition coefficient (Wildman–Crippen LogP) is 4.01. The van der Waals surface area contributed by atoms with Crippen LogP contribution in [-0.4, -0.2) is 78.2 Å². The van der Waals surface area contributed by atoms with Crippen LogP contribution in [0, 0.1) is 0 Å². The highest BCUT2D eigenvalue weighted by molar-refractivity contribution is 6.60. The van der Waals surface area contributed by atoms with E-state index in [1.165, 1.54) is 26.2 Å². The zero-order valence-electron chi connectivity index (χ0n) is 17.9. The van der Waals surface area contributed by atoms with Crippen LogP contribution >= 0.6 is 0 Å². The molecule has 26 heavy (non-hydrogen) atoms. The van der Waals surface area contributed by atoms with Crippen molar-refractivity contribution in [3.05, 3.63) is 0 Å². The second-order valence-corrected chi connectivity index (χ2v) is 10.3. The van der Waals surface area contributed by atoms with E-state index in [9.17, 15) is 0 Å². The lowest BCUT2D eigenvalue weighted by molar-refractivity contribution is 0.0545. The van der Waals surface area contributed by atoms with Gasteiger partial charge in [-0.3, -0.25) is 0 Å². The molecule has 0 aromatic carbocycles. The van der Waals surface area contributed by atoms with Crippen molar-refractivity contribution in [2.75, 3.05) is 59.6 Å². The Bertz CT molecular complexity index is 300. The van der Waals surface area contributed by atoms with Gasteiger partial charge in [0.1, 0.15) is 0 Å². The van der Waals surface area contributed by atoms with Crippen molar-refractivity contribution < 1.29 is 13.3 Å². The molecule has 0 aliphatic carbocycles. The van der Waals surface area contributed by atoms with Crippen LogP contribution in [0.15, 0.2) is 0 Å². The molecule has 0 aromatic rings. The van der Waals surface area contributed by atoms with Crippen LogP contribution < -0.4 is 0 Å². The van der Waals surface area contributed by atoms with Crippen molar-refractivity contribution in [2.45, 2.75) is 71.8 Å². The van der Waals surface area contributed by atoms with Crippen molar-refractivity contribution in [1.29, 1.82) is 0 Å². The number of hydrogen-bond acceptors (Lipinski definition) is 5. The Labute approximate surface area is 163 Å². The standard InChI is InChI=1S/C20H44N2O3Si/c1-5-8-17-23-26(24-18-9-6-2,25-19-10-7-3)20-11-12-22-15-13-21(4)14-16-22/h5-20H2,1-4H3. The predicted molar refractivity (Wildman–Crippen MR) is 112 cm³/mol. The highest BCUT2D eigenvalue weighted by atomic mass is 28.4. The summed E-state index contributed by atoms with van der Waals surface area (Å²) in [6, 6.07) is 0.955. The van der Waals surface area contributed by atoms with Gasteiger partial charge in [-0.05, 0) is 39.3 Å². The van der Waals surface area contributed by atoms with E-state index in [1.54, 1.807) is 0 Å². The van der Waals surface area contributed by atoms with Crippen LogP contribution in [0.5, 0.6) is 0 Å². The first-order valence-electron chi connectivity index (χ1n) is 11.0. The first kappa shape index (κ1) is 24.1. The summed E-state index contributed by atoms with van der Waals surface area (Å²) in [4.78, 5) is 4.98. The average molecular weight is 389 g/mol. The van der Waals surface area contributed by atoms with E-state index in [4.69, 9.17) is 13.3 Å². The minimum atomic E-state index is -2.54. The second-order valence-electron chi connectivity index (χ2n) is 7.54. The molecule has 6 heteroatoms. The SMILES string of the molecule is CCCCO[Si](CCCN1CCN(C)CC1)(OCCCC)OCCCC. The molecule has 0 spiro atoms. The van der Waals surface area contributed by atoms with Crippen LogP contribution in [0.4, 0.5) is 0 Å². The summed E-state index contributed by atoms with van der Waals surface area (Å²) in [7, 11) is -0.334. The molecule has 5 nitrogen and oxygen atoms in total. The molecule has 1 aliphatic rings. The summed E-state index contributed by atoms with van der Waals surface area (Å²) in [5.41, 5.74) is 0. The van der Waals surface area contributed by atoms with Gasteiger partial charge in [-0.25, -0.2) is 0 Å². The number of likely N-dealkylation sites (N-methyl/N-ethyl adjacent to an activating group) is 1. The molecule has 0 aromatic heterocycles. The van der Waals surface area contributed by atoms with Crippen molar-refractivity contribution in [2.24, 2.45) is 0 Å². The third-order valence-corrected chi connectivity index (χ3v) is 7.91. The molecular weight excluding hydrogens is 344 g/mol. The molecule has 0 unspecified atom stereocenters. The molecule has 1 saturated heterocycles. The molecule has 1 aliphatic heterocycles. The van der Waals surface area contributed by atoms with E-state index in [2.05, 4.69) is 37.6 Å². The number of rotatable bonds is 16. The highest BCUT2D eigenvalue weighted by Crippen LogP contribution is 2.21. The van der Waals surface area contributed by atoms with Gasteiger partial charge in [0.2, 0.25) is 0 Å². The Morgan fingerprint density at radius 1 is 0.692 bits per heavy atom. The Morgan fingerprint density at radius 2 is 1.15 bits per heavy atom. The summed E-state index contributed by atoms with van der Waals surface area (Å²) >= 11 is 0. The quantitative estimate of drug-likeness (QED) is 0.295. The fourth-order valence-corrected chi connectivity index (χ4v) is 5.69. The topological polar surface area (TPSA) is 34.2 Å². The number of unbranched alkanes of at least 4 members (excludes halogenated alkanes) is 3. The molecule has 0 radical (unpaired) electrons. The molecule has 0 atom stereocenters. The average Bonchev–Trinajstić information content (AvgIpc) is 2.64. The van der Waals surface area contributed by atoms with Gasteiger partial charge in [-0.2, -0.15) is 0 Å². The minimum Gasteiger partial charge on any atom is -0.373 e. The van der Waals surface area contributed by atoms with Crippen LogP contribution in [0.3, 0.4) is 0 Å². The van der Waals surface area contributed by atoms with Gasteiger partial charge in [0.25, 0.3) is 0 Å². The molecule has 1 rings (SSSR count). The first-order chi connectivity index (χ1) is 12.7. The van der Waals surface area contributed by atoms with Crippen LogP contribution in [-0.2, 0) is 13.3 Å². The van der Waals surface area contributed by atoms with Gasteiger partial charge in [0.15, 0.2) is 0 Å². The summed E-state index contributed by atoms with van der Waals surface area (Å²) in [5, 5.41) is 0. The minimum absolute atomic E-state index is 0.773. The highest BCUT2D eigenvalue weighted by Gasteiger charge is 2.40. The van der Waals surface area contributed by atoms with E-state index in [1.807, 2.05) is 0 Å². The lowest BCUT2D eigenvalue weighted by Gasteiger charge is -2.34. The molecule has 0 N–H and O–H groups in total. The summed E-state index contributed by atoms with van der Waals surface area (Å²) < 4.78 is 19.0. The maximum absolute atomic E-state index is 6.34. The Balaban J connectivity index is 2.54. The van der Waals surface area contributed by atoms with Gasteiger partial charge >= 0.3 is 8.80 Å². The molecule has 0 saturated carbocycles. The summed E-state index contributed by atoms with van der Waals surface area (Å²) in [5.74, 6) is 0. The zero-order chi connectivity index (χ0) is 19.1.